The van der Waals surface area contributed by atoms with Gasteiger partial charge in [-0.25, -0.2) is 0 Å². The van der Waals surface area contributed by atoms with Gasteiger partial charge in [-0.3, -0.25) is 0 Å². The van der Waals surface area contributed by atoms with Gasteiger partial charge in [0.1, 0.15) is 0 Å². The van der Waals surface area contributed by atoms with Crippen LogP contribution in [-0.2, 0) is 9.47 Å². The highest BCUT2D eigenvalue weighted by molar-refractivity contribution is 8.03. The van der Waals surface area contributed by atoms with Gasteiger partial charge in [0.2, 0.25) is 0 Å². The largest absolute Gasteiger partial charge is 0.382 e. The molecule has 0 spiro atoms. The van der Waals surface area contributed by atoms with Crippen molar-refractivity contribution in [2.45, 2.75) is 0 Å². The van der Waals surface area contributed by atoms with Gasteiger partial charge in [-0.1, -0.05) is 5.92 Å². The van der Waals surface area contributed by atoms with Crippen LogP contribution in [0, 0.1) is 12.3 Å². The molecule has 4 heteroatoms. The lowest BCUT2D eigenvalue weighted by Gasteiger charge is -2.02. The van der Waals surface area contributed by atoms with Crippen LogP contribution in [-0.4, -0.2) is 49.9 Å². The van der Waals surface area contributed by atoms with Gasteiger partial charge < -0.3 is 9.47 Å². The first kappa shape index (κ1) is 14.2. The summed E-state index contributed by atoms with van der Waals surface area (Å²) in [5.74, 6) is 6.77. The second-order valence-corrected chi connectivity index (χ2v) is 4.80. The zero-order valence-electron chi connectivity index (χ0n) is 8.66. The van der Waals surface area contributed by atoms with Crippen molar-refractivity contribution in [1.29, 1.82) is 0 Å². The van der Waals surface area contributed by atoms with Gasteiger partial charge in [0.05, 0.1) is 25.6 Å². The third-order valence-corrected chi connectivity index (χ3v) is 3.43. The molecule has 0 aliphatic carbocycles. The first-order valence-corrected chi connectivity index (χ1v) is 6.88. The Hall–Kier alpha value is 0.180. The molecule has 0 aliphatic heterocycles. The van der Waals surface area contributed by atoms with E-state index in [1.165, 1.54) is 0 Å². The minimum Gasteiger partial charge on any atom is -0.382 e. The van der Waals surface area contributed by atoms with Crippen molar-refractivity contribution in [2.24, 2.45) is 0 Å². The van der Waals surface area contributed by atoms with Crippen molar-refractivity contribution in [3.63, 3.8) is 0 Å². The molecule has 82 valence electrons. The van der Waals surface area contributed by atoms with Crippen LogP contribution in [0.2, 0.25) is 0 Å². The monoisotopic (exact) mass is 234 g/mol. The van der Waals surface area contributed by atoms with E-state index in [0.29, 0.717) is 13.2 Å². The van der Waals surface area contributed by atoms with E-state index in [-0.39, 0.29) is 0 Å². The first-order chi connectivity index (χ1) is 6.91. The molecule has 0 aliphatic rings. The van der Waals surface area contributed by atoms with Crippen molar-refractivity contribution >= 4 is 23.5 Å². The fourth-order valence-electron chi connectivity index (χ4n) is 0.713. The van der Waals surface area contributed by atoms with Crippen LogP contribution in [0.5, 0.6) is 0 Å². The minimum absolute atomic E-state index is 0.683. The van der Waals surface area contributed by atoms with Crippen LogP contribution in [0.4, 0.5) is 0 Å². The standard InChI is InChI=1S/C10H18O2S2/c1-3-7-13-9-10-14-8-6-12-5-4-11-2/h1H,4-10H2,2H3. The maximum atomic E-state index is 5.32. The highest BCUT2D eigenvalue weighted by Crippen LogP contribution is 2.05. The average Bonchev–Trinajstić information content (AvgIpc) is 2.21. The SMILES string of the molecule is C#CCSCCSCCOCCOC. The van der Waals surface area contributed by atoms with Gasteiger partial charge in [0.25, 0.3) is 0 Å². The number of rotatable bonds is 10. The van der Waals surface area contributed by atoms with Gasteiger partial charge in [0, 0.05) is 24.4 Å². The number of hydrogen-bond acceptors (Lipinski definition) is 4. The summed E-state index contributed by atoms with van der Waals surface area (Å²) in [5, 5.41) is 0. The van der Waals surface area contributed by atoms with E-state index in [1.807, 2.05) is 23.5 Å². The van der Waals surface area contributed by atoms with Crippen molar-refractivity contribution < 1.29 is 9.47 Å². The van der Waals surface area contributed by atoms with E-state index in [4.69, 9.17) is 15.9 Å². The number of thioether (sulfide) groups is 2. The molecule has 0 atom stereocenters. The Kier molecular flexibility index (Phi) is 13.3. The summed E-state index contributed by atoms with van der Waals surface area (Å²) in [6.45, 7) is 2.19. The number of ether oxygens (including phenoxy) is 2. The average molecular weight is 234 g/mol. The molecule has 0 aromatic rings. The van der Waals surface area contributed by atoms with E-state index in [0.717, 1.165) is 29.6 Å². The molecule has 2 nitrogen and oxygen atoms in total. The summed E-state index contributed by atoms with van der Waals surface area (Å²) in [6.07, 6.45) is 5.13. The lowest BCUT2D eigenvalue weighted by molar-refractivity contribution is 0.0790. The maximum absolute atomic E-state index is 5.32. The summed E-state index contributed by atoms with van der Waals surface area (Å²) < 4.78 is 10.2. The molecule has 0 rings (SSSR count). The fourth-order valence-corrected chi connectivity index (χ4v) is 2.36. The summed E-state index contributed by atoms with van der Waals surface area (Å²) >= 11 is 3.71. The Morgan fingerprint density at radius 3 is 2.57 bits per heavy atom. The van der Waals surface area contributed by atoms with Gasteiger partial charge in [-0.2, -0.15) is 11.8 Å². The first-order valence-electron chi connectivity index (χ1n) is 4.57. The lowest BCUT2D eigenvalue weighted by Crippen LogP contribution is -2.04. The van der Waals surface area contributed by atoms with Crippen LogP contribution >= 0.6 is 23.5 Å². The quantitative estimate of drug-likeness (QED) is 0.423. The van der Waals surface area contributed by atoms with Crippen LogP contribution in [0.3, 0.4) is 0 Å². The molecular formula is C10H18O2S2. The third-order valence-electron chi connectivity index (χ3n) is 1.36. The number of terminal acetylenes is 1. The molecule has 0 fully saturated rings. The molecule has 0 bridgehead atoms. The van der Waals surface area contributed by atoms with Crippen molar-refractivity contribution in [2.75, 3.05) is 49.9 Å². The van der Waals surface area contributed by atoms with Crippen LogP contribution < -0.4 is 0 Å². The molecule has 0 heterocycles. The Labute approximate surface area is 95.5 Å². The van der Waals surface area contributed by atoms with Gasteiger partial charge >= 0.3 is 0 Å². The van der Waals surface area contributed by atoms with E-state index >= 15 is 0 Å². The number of hydrogen-bond donors (Lipinski definition) is 0. The predicted octanol–water partition coefficient (Wildman–Crippen LogP) is 1.75. The highest BCUT2D eigenvalue weighted by Gasteiger charge is 1.91. The summed E-state index contributed by atoms with van der Waals surface area (Å²) in [6, 6.07) is 0. The number of methoxy groups -OCH3 is 1. The van der Waals surface area contributed by atoms with Gasteiger partial charge in [-0.15, -0.1) is 18.2 Å². The second kappa shape index (κ2) is 13.2. The molecule has 0 amide bonds. The van der Waals surface area contributed by atoms with Crippen molar-refractivity contribution in [1.82, 2.24) is 0 Å². The third kappa shape index (κ3) is 12.2. The highest BCUT2D eigenvalue weighted by atomic mass is 32.2. The van der Waals surface area contributed by atoms with E-state index in [2.05, 4.69) is 5.92 Å². The zero-order chi connectivity index (χ0) is 10.5. The smallest absolute Gasteiger partial charge is 0.0700 e. The Bertz CT molecular complexity index is 146. The molecule has 0 saturated carbocycles. The van der Waals surface area contributed by atoms with Gasteiger partial charge in [-0.05, 0) is 0 Å². The van der Waals surface area contributed by atoms with Crippen LogP contribution in [0.25, 0.3) is 0 Å². The lowest BCUT2D eigenvalue weighted by atomic mass is 10.7. The Balaban J connectivity index is 2.82. The predicted molar refractivity (Wildman–Crippen MR) is 66.2 cm³/mol. The van der Waals surface area contributed by atoms with Gasteiger partial charge in [0.15, 0.2) is 0 Å². The fraction of sp³-hybridized carbons (Fsp3) is 0.800. The summed E-state index contributed by atoms with van der Waals surface area (Å²) in [4.78, 5) is 0. The Morgan fingerprint density at radius 2 is 1.86 bits per heavy atom. The molecule has 0 N–H and O–H groups in total. The maximum Gasteiger partial charge on any atom is 0.0700 e. The molecule has 0 aromatic carbocycles. The topological polar surface area (TPSA) is 18.5 Å². The van der Waals surface area contributed by atoms with Crippen LogP contribution in [0.15, 0.2) is 0 Å². The summed E-state index contributed by atoms with van der Waals surface area (Å²) in [7, 11) is 1.68. The van der Waals surface area contributed by atoms with Crippen molar-refractivity contribution in [3.05, 3.63) is 0 Å². The molecule has 0 radical (unpaired) electrons. The second-order valence-electron chi connectivity index (χ2n) is 2.47. The minimum atomic E-state index is 0.683. The Morgan fingerprint density at radius 1 is 1.07 bits per heavy atom. The molecule has 0 unspecified atom stereocenters. The molecular weight excluding hydrogens is 216 g/mol. The van der Waals surface area contributed by atoms with E-state index in [9.17, 15) is 0 Å². The van der Waals surface area contributed by atoms with E-state index < -0.39 is 0 Å². The zero-order valence-corrected chi connectivity index (χ0v) is 10.3. The summed E-state index contributed by atoms with van der Waals surface area (Å²) in [5.41, 5.74) is 0. The molecule has 0 saturated heterocycles. The van der Waals surface area contributed by atoms with E-state index in [1.54, 1.807) is 7.11 Å². The molecule has 14 heavy (non-hydrogen) atoms. The molecule has 0 aromatic heterocycles. The van der Waals surface area contributed by atoms with Crippen LogP contribution in [0.1, 0.15) is 0 Å². The van der Waals surface area contributed by atoms with Crippen molar-refractivity contribution in [3.8, 4) is 12.3 Å². The normalized spacial score (nSPS) is 10.0.